The number of rotatable bonds is 5. The SMILES string of the molecule is BNCc1cc(CNC)cc(C(C)=O)c1. The Morgan fingerprint density at radius 3 is 2.33 bits per heavy atom. The molecule has 0 saturated heterocycles. The molecule has 0 radical (unpaired) electrons. The normalized spacial score (nSPS) is 10.3. The smallest absolute Gasteiger partial charge is 0.182 e. The van der Waals surface area contributed by atoms with Gasteiger partial charge in [-0.05, 0) is 37.2 Å². The molecule has 0 saturated carbocycles. The molecule has 0 amide bonds. The van der Waals surface area contributed by atoms with Crippen LogP contribution in [0.2, 0.25) is 0 Å². The molecule has 4 heteroatoms. The Balaban J connectivity index is 3.02. The van der Waals surface area contributed by atoms with Crippen molar-refractivity contribution in [1.82, 2.24) is 10.5 Å². The zero-order valence-electron chi connectivity index (χ0n) is 9.55. The third kappa shape index (κ3) is 3.49. The first-order chi connectivity index (χ1) is 7.17. The monoisotopic (exact) mass is 204 g/mol. The van der Waals surface area contributed by atoms with Gasteiger partial charge < -0.3 is 10.5 Å². The molecular formula is C11H17BN2O. The van der Waals surface area contributed by atoms with Gasteiger partial charge in [-0.25, -0.2) is 0 Å². The number of ketones is 1. The van der Waals surface area contributed by atoms with Crippen molar-refractivity contribution in [2.75, 3.05) is 7.05 Å². The summed E-state index contributed by atoms with van der Waals surface area (Å²) in [6.45, 7) is 3.18. The molecule has 15 heavy (non-hydrogen) atoms. The first kappa shape index (κ1) is 11.9. The second kappa shape index (κ2) is 5.68. The van der Waals surface area contributed by atoms with Gasteiger partial charge in [0.05, 0.1) is 0 Å². The van der Waals surface area contributed by atoms with Crippen LogP contribution in [-0.2, 0) is 13.1 Å². The van der Waals surface area contributed by atoms with Crippen LogP contribution in [-0.4, -0.2) is 20.8 Å². The second-order valence-electron chi connectivity index (χ2n) is 3.66. The van der Waals surface area contributed by atoms with E-state index in [1.807, 2.05) is 27.2 Å². The van der Waals surface area contributed by atoms with Crippen molar-refractivity contribution in [1.29, 1.82) is 0 Å². The second-order valence-corrected chi connectivity index (χ2v) is 3.66. The maximum absolute atomic E-state index is 11.3. The minimum atomic E-state index is 0.116. The Morgan fingerprint density at radius 1 is 1.27 bits per heavy atom. The predicted molar refractivity (Wildman–Crippen MR) is 64.6 cm³/mol. The van der Waals surface area contributed by atoms with Crippen molar-refractivity contribution in [3.05, 3.63) is 34.9 Å². The molecular weight excluding hydrogens is 187 g/mol. The third-order valence-corrected chi connectivity index (χ3v) is 2.22. The van der Waals surface area contributed by atoms with E-state index in [9.17, 15) is 4.79 Å². The fourth-order valence-electron chi connectivity index (χ4n) is 1.58. The number of nitrogens with one attached hydrogen (secondary N) is 2. The van der Waals surface area contributed by atoms with Crippen molar-refractivity contribution in [3.63, 3.8) is 0 Å². The Labute approximate surface area is 91.7 Å². The average Bonchev–Trinajstić information content (AvgIpc) is 2.18. The van der Waals surface area contributed by atoms with Crippen molar-refractivity contribution in [2.45, 2.75) is 20.0 Å². The van der Waals surface area contributed by atoms with Crippen LogP contribution < -0.4 is 10.5 Å². The highest BCUT2D eigenvalue weighted by atomic mass is 16.1. The van der Waals surface area contributed by atoms with Crippen LogP contribution in [0.25, 0.3) is 0 Å². The number of benzene rings is 1. The van der Waals surface area contributed by atoms with Gasteiger partial charge in [0.1, 0.15) is 0 Å². The first-order valence-corrected chi connectivity index (χ1v) is 5.10. The molecule has 0 spiro atoms. The lowest BCUT2D eigenvalue weighted by Crippen LogP contribution is -2.11. The molecule has 0 aromatic heterocycles. The molecule has 0 atom stereocenters. The molecule has 1 rings (SSSR count). The van der Waals surface area contributed by atoms with E-state index in [2.05, 4.69) is 16.6 Å². The van der Waals surface area contributed by atoms with Gasteiger partial charge in [0, 0.05) is 18.7 Å². The first-order valence-electron chi connectivity index (χ1n) is 5.10. The van der Waals surface area contributed by atoms with Crippen molar-refractivity contribution in [2.24, 2.45) is 0 Å². The predicted octanol–water partition coefficient (Wildman–Crippen LogP) is 0.246. The lowest BCUT2D eigenvalue weighted by molar-refractivity contribution is 0.101. The maximum Gasteiger partial charge on any atom is 0.182 e. The Bertz CT molecular complexity index is 328. The number of Topliss-reactive ketones (excluding diaryl/α,β-unsaturated/α-hetero) is 1. The lowest BCUT2D eigenvalue weighted by atomic mass is 10.0. The lowest BCUT2D eigenvalue weighted by Gasteiger charge is -2.07. The Hall–Kier alpha value is -1.13. The van der Waals surface area contributed by atoms with E-state index in [0.29, 0.717) is 0 Å². The Kier molecular flexibility index (Phi) is 4.53. The number of hydrogen-bond donors (Lipinski definition) is 2. The van der Waals surface area contributed by atoms with Gasteiger partial charge in [0.15, 0.2) is 13.8 Å². The van der Waals surface area contributed by atoms with E-state index in [-0.39, 0.29) is 5.78 Å². The van der Waals surface area contributed by atoms with E-state index in [1.165, 1.54) is 0 Å². The zero-order valence-corrected chi connectivity index (χ0v) is 9.55. The van der Waals surface area contributed by atoms with Gasteiger partial charge >= 0.3 is 0 Å². The van der Waals surface area contributed by atoms with E-state index in [4.69, 9.17) is 0 Å². The summed E-state index contributed by atoms with van der Waals surface area (Å²) in [5, 5.41) is 6.18. The van der Waals surface area contributed by atoms with E-state index >= 15 is 0 Å². The van der Waals surface area contributed by atoms with E-state index in [1.54, 1.807) is 6.92 Å². The topological polar surface area (TPSA) is 41.1 Å². The summed E-state index contributed by atoms with van der Waals surface area (Å²) >= 11 is 0. The van der Waals surface area contributed by atoms with Gasteiger partial charge in [-0.2, -0.15) is 0 Å². The molecule has 0 heterocycles. The van der Waals surface area contributed by atoms with Gasteiger partial charge in [-0.3, -0.25) is 4.79 Å². The van der Waals surface area contributed by atoms with Crippen LogP contribution in [0.4, 0.5) is 0 Å². The summed E-state index contributed by atoms with van der Waals surface area (Å²) in [7, 11) is 3.80. The summed E-state index contributed by atoms with van der Waals surface area (Å²) in [6.07, 6.45) is 0. The molecule has 3 nitrogen and oxygen atoms in total. The molecule has 1 aromatic rings. The standard InChI is InChI=1S/C11H17BN2O/c1-8(15)11-4-9(6-13-2)3-10(5-11)7-14-12/h3-5,13-14H,6-7,12H2,1-2H3. The summed E-state index contributed by atoms with van der Waals surface area (Å²) in [5.74, 6) is 0.116. The highest BCUT2D eigenvalue weighted by Crippen LogP contribution is 2.11. The van der Waals surface area contributed by atoms with Crippen molar-refractivity contribution in [3.8, 4) is 0 Å². The quantitative estimate of drug-likeness (QED) is 0.533. The highest BCUT2D eigenvalue weighted by Gasteiger charge is 2.03. The number of carbonyl (C=O) groups excluding carboxylic acids is 1. The highest BCUT2D eigenvalue weighted by molar-refractivity contribution is 6.04. The summed E-state index contributed by atoms with van der Waals surface area (Å²) < 4.78 is 0. The molecule has 0 aliphatic heterocycles. The minimum Gasteiger partial charge on any atom is -0.358 e. The van der Waals surface area contributed by atoms with E-state index < -0.39 is 0 Å². The molecule has 0 unspecified atom stereocenters. The molecule has 0 aliphatic rings. The van der Waals surface area contributed by atoms with Crippen LogP contribution in [0.5, 0.6) is 0 Å². The Morgan fingerprint density at radius 2 is 1.87 bits per heavy atom. The van der Waals surface area contributed by atoms with E-state index in [0.717, 1.165) is 29.8 Å². The molecule has 0 aliphatic carbocycles. The van der Waals surface area contributed by atoms with Crippen LogP contribution in [0, 0.1) is 0 Å². The van der Waals surface area contributed by atoms with Crippen molar-refractivity contribution >= 4 is 13.8 Å². The van der Waals surface area contributed by atoms with Crippen LogP contribution in [0.1, 0.15) is 28.4 Å². The zero-order chi connectivity index (χ0) is 11.3. The fourth-order valence-corrected chi connectivity index (χ4v) is 1.58. The summed E-state index contributed by atoms with van der Waals surface area (Å²) in [6, 6.07) is 6.00. The summed E-state index contributed by atoms with van der Waals surface area (Å²) in [4.78, 5) is 11.3. The van der Waals surface area contributed by atoms with Gasteiger partial charge in [-0.15, -0.1) is 0 Å². The number of carbonyl (C=O) groups is 1. The summed E-state index contributed by atoms with van der Waals surface area (Å²) in [5.41, 5.74) is 3.08. The molecule has 2 N–H and O–H groups in total. The van der Waals surface area contributed by atoms with Crippen LogP contribution >= 0.6 is 0 Å². The molecule has 1 aromatic carbocycles. The fraction of sp³-hybridized carbons (Fsp3) is 0.364. The third-order valence-electron chi connectivity index (χ3n) is 2.22. The van der Waals surface area contributed by atoms with Crippen LogP contribution in [0.3, 0.4) is 0 Å². The molecule has 80 valence electrons. The maximum atomic E-state index is 11.3. The molecule has 0 bridgehead atoms. The number of hydrogen-bond acceptors (Lipinski definition) is 3. The van der Waals surface area contributed by atoms with Gasteiger partial charge in [-0.1, -0.05) is 6.07 Å². The van der Waals surface area contributed by atoms with Crippen molar-refractivity contribution < 1.29 is 4.79 Å². The van der Waals surface area contributed by atoms with Gasteiger partial charge in [0.25, 0.3) is 0 Å². The van der Waals surface area contributed by atoms with Gasteiger partial charge in [0.2, 0.25) is 0 Å². The minimum absolute atomic E-state index is 0.116. The largest absolute Gasteiger partial charge is 0.358 e. The average molecular weight is 204 g/mol. The molecule has 0 fully saturated rings. The van der Waals surface area contributed by atoms with Crippen LogP contribution in [0.15, 0.2) is 18.2 Å².